The van der Waals surface area contributed by atoms with E-state index in [1.54, 1.807) is 37.5 Å². The predicted octanol–water partition coefficient (Wildman–Crippen LogP) is 1.16. The molecule has 4 nitrogen and oxygen atoms in total. The number of aliphatic carboxylic acids is 1. The van der Waals surface area contributed by atoms with Gasteiger partial charge in [-0.25, -0.2) is 4.79 Å². The van der Waals surface area contributed by atoms with E-state index in [1.807, 2.05) is 0 Å². The van der Waals surface area contributed by atoms with Gasteiger partial charge in [0.15, 0.2) is 0 Å². The Morgan fingerprint density at radius 3 is 3.00 bits per heavy atom. The van der Waals surface area contributed by atoms with Crippen LogP contribution in [0, 0.1) is 0 Å². The number of nitrogens with zero attached hydrogens (tertiary/aromatic N) is 1. The molecule has 0 amide bonds. The largest absolute Gasteiger partial charge is 0.480 e. The zero-order chi connectivity index (χ0) is 11.3. The van der Waals surface area contributed by atoms with Crippen molar-refractivity contribution in [2.24, 2.45) is 0 Å². The third kappa shape index (κ3) is 2.41. The lowest BCUT2D eigenvalue weighted by molar-refractivity contribution is -0.144. The minimum absolute atomic E-state index is 0.428. The van der Waals surface area contributed by atoms with Gasteiger partial charge in [-0.3, -0.25) is 10.3 Å². The van der Waals surface area contributed by atoms with Crippen LogP contribution in [0.4, 0.5) is 0 Å². The standard InChI is InChI=1S/C11H14N2O2/c1-3-6-13-11(2,10(14)15)9-5-4-7-12-8-9/h3-5,7-8,13H,1,6H2,2H3,(H,14,15). The topological polar surface area (TPSA) is 62.2 Å². The summed E-state index contributed by atoms with van der Waals surface area (Å²) >= 11 is 0. The molecule has 0 aromatic carbocycles. The lowest BCUT2D eigenvalue weighted by atomic mass is 9.93. The summed E-state index contributed by atoms with van der Waals surface area (Å²) in [5.41, 5.74) is -0.498. The molecule has 0 aliphatic heterocycles. The van der Waals surface area contributed by atoms with E-state index in [9.17, 15) is 9.90 Å². The van der Waals surface area contributed by atoms with Crippen LogP contribution < -0.4 is 5.32 Å². The molecule has 0 saturated heterocycles. The molecule has 1 unspecified atom stereocenters. The maximum Gasteiger partial charge on any atom is 0.328 e. The van der Waals surface area contributed by atoms with Gasteiger partial charge in [-0.2, -0.15) is 0 Å². The van der Waals surface area contributed by atoms with Gasteiger partial charge in [0.25, 0.3) is 0 Å². The molecule has 0 radical (unpaired) electrons. The second-order valence-electron chi connectivity index (χ2n) is 3.34. The van der Waals surface area contributed by atoms with Crippen molar-refractivity contribution in [3.8, 4) is 0 Å². The number of rotatable bonds is 5. The van der Waals surface area contributed by atoms with Gasteiger partial charge in [-0.1, -0.05) is 12.1 Å². The van der Waals surface area contributed by atoms with Crippen molar-refractivity contribution >= 4 is 5.97 Å². The minimum Gasteiger partial charge on any atom is -0.480 e. The Morgan fingerprint density at radius 2 is 2.53 bits per heavy atom. The molecule has 4 heteroatoms. The molecule has 1 atom stereocenters. The second-order valence-corrected chi connectivity index (χ2v) is 3.34. The summed E-state index contributed by atoms with van der Waals surface area (Å²) < 4.78 is 0. The molecule has 1 aromatic heterocycles. The fourth-order valence-electron chi connectivity index (χ4n) is 1.24. The monoisotopic (exact) mass is 206 g/mol. The first-order valence-electron chi connectivity index (χ1n) is 4.61. The van der Waals surface area contributed by atoms with Crippen LogP contribution >= 0.6 is 0 Å². The number of hydrogen-bond donors (Lipinski definition) is 2. The van der Waals surface area contributed by atoms with Gasteiger partial charge < -0.3 is 5.11 Å². The van der Waals surface area contributed by atoms with E-state index in [0.29, 0.717) is 12.1 Å². The van der Waals surface area contributed by atoms with E-state index in [0.717, 1.165) is 0 Å². The Bertz CT molecular complexity index is 351. The molecule has 0 bridgehead atoms. The fourth-order valence-corrected chi connectivity index (χ4v) is 1.24. The first kappa shape index (κ1) is 11.4. The summed E-state index contributed by atoms with van der Waals surface area (Å²) in [6.45, 7) is 5.58. The highest BCUT2D eigenvalue weighted by Crippen LogP contribution is 2.19. The molecule has 1 heterocycles. The molecule has 0 saturated carbocycles. The van der Waals surface area contributed by atoms with Crippen molar-refractivity contribution in [1.82, 2.24) is 10.3 Å². The van der Waals surface area contributed by atoms with Crippen molar-refractivity contribution in [3.63, 3.8) is 0 Å². The molecule has 1 rings (SSSR count). The van der Waals surface area contributed by atoms with Crippen LogP contribution in [0.3, 0.4) is 0 Å². The van der Waals surface area contributed by atoms with Gasteiger partial charge >= 0.3 is 5.97 Å². The van der Waals surface area contributed by atoms with Crippen LogP contribution in [0.1, 0.15) is 12.5 Å². The summed E-state index contributed by atoms with van der Waals surface area (Å²) in [5.74, 6) is -0.933. The van der Waals surface area contributed by atoms with E-state index in [2.05, 4.69) is 16.9 Å². The number of nitrogens with one attached hydrogen (secondary N) is 1. The SMILES string of the molecule is C=CCNC(C)(C(=O)O)c1cccnc1. The van der Waals surface area contributed by atoms with Gasteiger partial charge in [0.05, 0.1) is 0 Å². The smallest absolute Gasteiger partial charge is 0.328 e. The van der Waals surface area contributed by atoms with Crippen LogP contribution in [-0.4, -0.2) is 22.6 Å². The molecule has 1 aromatic rings. The number of carbonyl (C=O) groups is 1. The predicted molar refractivity (Wildman–Crippen MR) is 57.4 cm³/mol. The van der Waals surface area contributed by atoms with Gasteiger partial charge in [-0.05, 0) is 13.0 Å². The minimum atomic E-state index is -1.12. The number of carboxylic acids is 1. The zero-order valence-corrected chi connectivity index (χ0v) is 8.60. The van der Waals surface area contributed by atoms with Crippen molar-refractivity contribution in [2.45, 2.75) is 12.5 Å². The van der Waals surface area contributed by atoms with Crippen molar-refractivity contribution < 1.29 is 9.90 Å². The van der Waals surface area contributed by atoms with E-state index in [1.165, 1.54) is 0 Å². The highest BCUT2D eigenvalue weighted by atomic mass is 16.4. The van der Waals surface area contributed by atoms with Crippen LogP contribution in [0.25, 0.3) is 0 Å². The molecule has 0 fully saturated rings. The molecule has 80 valence electrons. The second kappa shape index (κ2) is 4.70. The van der Waals surface area contributed by atoms with Crippen LogP contribution in [0.2, 0.25) is 0 Å². The van der Waals surface area contributed by atoms with Crippen molar-refractivity contribution in [3.05, 3.63) is 42.7 Å². The van der Waals surface area contributed by atoms with Crippen LogP contribution in [0.15, 0.2) is 37.2 Å². The summed E-state index contributed by atoms with van der Waals surface area (Å²) in [5, 5.41) is 12.1. The van der Waals surface area contributed by atoms with Crippen LogP contribution in [0.5, 0.6) is 0 Å². The molecule has 15 heavy (non-hydrogen) atoms. The summed E-state index contributed by atoms with van der Waals surface area (Å²) in [4.78, 5) is 15.1. The van der Waals surface area contributed by atoms with Gasteiger partial charge in [0.2, 0.25) is 0 Å². The maximum absolute atomic E-state index is 11.2. The molecular weight excluding hydrogens is 192 g/mol. The quantitative estimate of drug-likeness (QED) is 0.709. The molecule has 0 aliphatic rings. The Balaban J connectivity index is 3.01. The summed E-state index contributed by atoms with van der Waals surface area (Å²) in [6, 6.07) is 3.45. The number of carboxylic acid groups (broad SMARTS) is 1. The van der Waals surface area contributed by atoms with Gasteiger partial charge in [-0.15, -0.1) is 6.58 Å². The normalized spacial score (nSPS) is 14.2. The van der Waals surface area contributed by atoms with Gasteiger partial charge in [0.1, 0.15) is 5.54 Å². The maximum atomic E-state index is 11.2. The highest BCUT2D eigenvalue weighted by molar-refractivity contribution is 5.80. The van der Waals surface area contributed by atoms with E-state index in [-0.39, 0.29) is 0 Å². The molecule has 0 aliphatic carbocycles. The first-order chi connectivity index (χ1) is 7.11. The Labute approximate surface area is 88.7 Å². The number of aromatic nitrogens is 1. The van der Waals surface area contributed by atoms with Gasteiger partial charge in [0, 0.05) is 24.5 Å². The van der Waals surface area contributed by atoms with Crippen molar-refractivity contribution in [2.75, 3.05) is 6.54 Å². The number of hydrogen-bond acceptors (Lipinski definition) is 3. The number of pyridine rings is 1. The first-order valence-corrected chi connectivity index (χ1v) is 4.61. The lowest BCUT2D eigenvalue weighted by Gasteiger charge is -2.25. The fraction of sp³-hybridized carbons (Fsp3) is 0.273. The lowest BCUT2D eigenvalue weighted by Crippen LogP contribution is -2.46. The molecule has 2 N–H and O–H groups in total. The summed E-state index contributed by atoms with van der Waals surface area (Å²) in [7, 11) is 0. The summed E-state index contributed by atoms with van der Waals surface area (Å²) in [6.07, 6.45) is 4.78. The Hall–Kier alpha value is -1.68. The zero-order valence-electron chi connectivity index (χ0n) is 8.60. The van der Waals surface area contributed by atoms with E-state index < -0.39 is 11.5 Å². The highest BCUT2D eigenvalue weighted by Gasteiger charge is 2.34. The third-order valence-corrected chi connectivity index (χ3v) is 2.27. The van der Waals surface area contributed by atoms with E-state index >= 15 is 0 Å². The van der Waals surface area contributed by atoms with E-state index in [4.69, 9.17) is 0 Å². The molecular formula is C11H14N2O2. The Morgan fingerprint density at radius 1 is 1.80 bits per heavy atom. The molecule has 0 spiro atoms. The Kier molecular flexibility index (Phi) is 3.57. The third-order valence-electron chi connectivity index (χ3n) is 2.27. The van der Waals surface area contributed by atoms with Crippen LogP contribution in [-0.2, 0) is 10.3 Å². The average molecular weight is 206 g/mol. The van der Waals surface area contributed by atoms with Crippen molar-refractivity contribution in [1.29, 1.82) is 0 Å². The average Bonchev–Trinajstić information content (AvgIpc) is 2.27.